The lowest BCUT2D eigenvalue weighted by Gasteiger charge is -2.09. The van der Waals surface area contributed by atoms with Gasteiger partial charge in [-0.2, -0.15) is 0 Å². The lowest BCUT2D eigenvalue weighted by molar-refractivity contribution is 0.0690. The van der Waals surface area contributed by atoms with Gasteiger partial charge >= 0.3 is 5.97 Å². The van der Waals surface area contributed by atoms with Gasteiger partial charge in [-0.15, -0.1) is 0 Å². The summed E-state index contributed by atoms with van der Waals surface area (Å²) in [4.78, 5) is 15.3. The van der Waals surface area contributed by atoms with Crippen molar-refractivity contribution in [1.29, 1.82) is 0 Å². The van der Waals surface area contributed by atoms with Crippen molar-refractivity contribution < 1.29 is 14.3 Å². The molecule has 2 aromatic rings. The molecule has 1 aromatic carbocycles. The van der Waals surface area contributed by atoms with Crippen molar-refractivity contribution in [2.24, 2.45) is 0 Å². The molecule has 0 bridgehead atoms. The van der Waals surface area contributed by atoms with E-state index in [2.05, 4.69) is 4.98 Å². The van der Waals surface area contributed by atoms with E-state index >= 15 is 0 Å². The Kier molecular flexibility index (Phi) is 3.22. The fraction of sp³-hybridized carbons (Fsp3) is 0.250. The van der Waals surface area contributed by atoms with E-state index in [0.29, 0.717) is 12.3 Å². The van der Waals surface area contributed by atoms with Crippen LogP contribution in [-0.2, 0) is 6.42 Å². The SMILES string of the molecule is O=C(O)c1ccc(C2CC2)c(Cc2ccc(F)cc2)n1. The minimum Gasteiger partial charge on any atom is -0.477 e. The molecule has 1 saturated carbocycles. The maximum Gasteiger partial charge on any atom is 0.354 e. The lowest BCUT2D eigenvalue weighted by Crippen LogP contribution is -2.06. The number of pyridine rings is 1. The van der Waals surface area contributed by atoms with Crippen LogP contribution in [0.2, 0.25) is 0 Å². The summed E-state index contributed by atoms with van der Waals surface area (Å²) in [5.41, 5.74) is 2.91. The Labute approximate surface area is 116 Å². The Morgan fingerprint density at radius 1 is 1.20 bits per heavy atom. The quantitative estimate of drug-likeness (QED) is 0.927. The van der Waals surface area contributed by atoms with Crippen LogP contribution in [0, 0.1) is 5.82 Å². The van der Waals surface area contributed by atoms with Gasteiger partial charge in [0.2, 0.25) is 0 Å². The molecule has 1 aliphatic carbocycles. The summed E-state index contributed by atoms with van der Waals surface area (Å²) in [5.74, 6) is -0.795. The van der Waals surface area contributed by atoms with Gasteiger partial charge in [0.25, 0.3) is 0 Å². The summed E-state index contributed by atoms with van der Waals surface area (Å²) in [6.07, 6.45) is 2.79. The predicted octanol–water partition coefficient (Wildman–Crippen LogP) is 3.39. The minimum absolute atomic E-state index is 0.0616. The molecule has 1 heterocycles. The van der Waals surface area contributed by atoms with Crippen LogP contribution in [0.25, 0.3) is 0 Å². The molecule has 1 aliphatic rings. The normalized spacial score (nSPS) is 14.2. The smallest absolute Gasteiger partial charge is 0.354 e. The highest BCUT2D eigenvalue weighted by atomic mass is 19.1. The molecule has 0 saturated heterocycles. The zero-order chi connectivity index (χ0) is 14.1. The Bertz CT molecular complexity index is 648. The largest absolute Gasteiger partial charge is 0.477 e. The van der Waals surface area contributed by atoms with Crippen molar-refractivity contribution >= 4 is 5.97 Å². The van der Waals surface area contributed by atoms with Crippen LogP contribution in [0.1, 0.15) is 46.1 Å². The molecule has 3 rings (SSSR count). The van der Waals surface area contributed by atoms with Crippen LogP contribution < -0.4 is 0 Å². The molecule has 102 valence electrons. The Morgan fingerprint density at radius 2 is 1.90 bits per heavy atom. The van der Waals surface area contributed by atoms with Gasteiger partial charge in [0.1, 0.15) is 11.5 Å². The van der Waals surface area contributed by atoms with Crippen LogP contribution in [0.3, 0.4) is 0 Å². The molecule has 0 radical (unpaired) electrons. The molecule has 1 fully saturated rings. The highest BCUT2D eigenvalue weighted by Gasteiger charge is 2.27. The standard InChI is InChI=1S/C16H14FNO2/c17-12-5-1-10(2-6-12)9-15-13(11-3-4-11)7-8-14(18-15)16(19)20/h1-2,5-8,11H,3-4,9H2,(H,19,20). The van der Waals surface area contributed by atoms with E-state index in [1.807, 2.05) is 6.07 Å². The summed E-state index contributed by atoms with van der Waals surface area (Å²) in [6, 6.07) is 9.67. The number of hydrogen-bond acceptors (Lipinski definition) is 2. The van der Waals surface area contributed by atoms with Crippen molar-refractivity contribution in [3.05, 3.63) is 64.7 Å². The van der Waals surface area contributed by atoms with E-state index in [4.69, 9.17) is 5.11 Å². The number of rotatable bonds is 4. The third-order valence-electron chi connectivity index (χ3n) is 3.53. The highest BCUT2D eigenvalue weighted by Crippen LogP contribution is 2.41. The van der Waals surface area contributed by atoms with Gasteiger partial charge < -0.3 is 5.11 Å². The van der Waals surface area contributed by atoms with Crippen LogP contribution in [0.5, 0.6) is 0 Å². The molecule has 1 N–H and O–H groups in total. The number of hydrogen-bond donors (Lipinski definition) is 1. The number of carbonyl (C=O) groups is 1. The van der Waals surface area contributed by atoms with E-state index in [1.165, 1.54) is 12.1 Å². The predicted molar refractivity (Wildman–Crippen MR) is 72.4 cm³/mol. The zero-order valence-electron chi connectivity index (χ0n) is 10.8. The zero-order valence-corrected chi connectivity index (χ0v) is 10.8. The van der Waals surface area contributed by atoms with Gasteiger partial charge in [0, 0.05) is 12.1 Å². The van der Waals surface area contributed by atoms with Crippen LogP contribution >= 0.6 is 0 Å². The molecule has 4 heteroatoms. The first-order chi connectivity index (χ1) is 9.63. The second-order valence-electron chi connectivity index (χ2n) is 5.12. The number of aromatic nitrogens is 1. The lowest BCUT2D eigenvalue weighted by atomic mass is 10.0. The van der Waals surface area contributed by atoms with Gasteiger partial charge in [-0.3, -0.25) is 0 Å². The second kappa shape index (κ2) is 5.04. The summed E-state index contributed by atoms with van der Waals surface area (Å²) in [7, 11) is 0. The number of halogens is 1. The summed E-state index contributed by atoms with van der Waals surface area (Å²) in [6.45, 7) is 0. The molecule has 0 unspecified atom stereocenters. The highest BCUT2D eigenvalue weighted by molar-refractivity contribution is 5.85. The topological polar surface area (TPSA) is 50.2 Å². The maximum atomic E-state index is 12.9. The van der Waals surface area contributed by atoms with E-state index in [-0.39, 0.29) is 11.5 Å². The summed E-state index contributed by atoms with van der Waals surface area (Å²) in [5, 5.41) is 9.04. The fourth-order valence-electron chi connectivity index (χ4n) is 2.33. The summed E-state index contributed by atoms with van der Waals surface area (Å²) < 4.78 is 12.9. The molecule has 0 amide bonds. The molecule has 20 heavy (non-hydrogen) atoms. The van der Waals surface area contributed by atoms with Crippen LogP contribution in [0.15, 0.2) is 36.4 Å². The van der Waals surface area contributed by atoms with Crippen molar-refractivity contribution in [2.45, 2.75) is 25.2 Å². The summed E-state index contributed by atoms with van der Waals surface area (Å²) >= 11 is 0. The van der Waals surface area contributed by atoms with Gasteiger partial charge in [-0.1, -0.05) is 18.2 Å². The fourth-order valence-corrected chi connectivity index (χ4v) is 2.33. The first-order valence-electron chi connectivity index (χ1n) is 6.61. The van der Waals surface area contributed by atoms with Crippen molar-refractivity contribution in [3.63, 3.8) is 0 Å². The third-order valence-corrected chi connectivity index (χ3v) is 3.53. The monoisotopic (exact) mass is 271 g/mol. The molecule has 3 nitrogen and oxygen atoms in total. The second-order valence-corrected chi connectivity index (χ2v) is 5.12. The average molecular weight is 271 g/mol. The van der Waals surface area contributed by atoms with Gasteiger partial charge in [0.15, 0.2) is 0 Å². The average Bonchev–Trinajstić information content (AvgIpc) is 3.26. The number of carboxylic acids is 1. The maximum absolute atomic E-state index is 12.9. The first-order valence-corrected chi connectivity index (χ1v) is 6.61. The molecule has 0 aliphatic heterocycles. The Morgan fingerprint density at radius 3 is 2.50 bits per heavy atom. The Balaban J connectivity index is 1.94. The molecular formula is C16H14FNO2. The van der Waals surface area contributed by atoms with Gasteiger partial charge in [-0.25, -0.2) is 14.2 Å². The first kappa shape index (κ1) is 12.8. The van der Waals surface area contributed by atoms with Gasteiger partial charge in [-0.05, 0) is 48.1 Å². The van der Waals surface area contributed by atoms with E-state index in [1.54, 1.807) is 18.2 Å². The van der Waals surface area contributed by atoms with Crippen molar-refractivity contribution in [2.75, 3.05) is 0 Å². The van der Waals surface area contributed by atoms with E-state index < -0.39 is 5.97 Å². The number of aromatic carboxylic acids is 1. The molecule has 1 aromatic heterocycles. The third kappa shape index (κ3) is 2.69. The van der Waals surface area contributed by atoms with Gasteiger partial charge in [0.05, 0.1) is 0 Å². The van der Waals surface area contributed by atoms with E-state index in [0.717, 1.165) is 29.7 Å². The van der Waals surface area contributed by atoms with Crippen molar-refractivity contribution in [1.82, 2.24) is 4.98 Å². The van der Waals surface area contributed by atoms with Crippen LogP contribution in [-0.4, -0.2) is 16.1 Å². The molecule has 0 spiro atoms. The van der Waals surface area contributed by atoms with E-state index in [9.17, 15) is 9.18 Å². The Hall–Kier alpha value is -2.23. The molecule has 0 atom stereocenters. The number of nitrogens with zero attached hydrogens (tertiary/aromatic N) is 1. The number of benzene rings is 1. The van der Waals surface area contributed by atoms with Crippen molar-refractivity contribution in [3.8, 4) is 0 Å². The van der Waals surface area contributed by atoms with Crippen LogP contribution in [0.4, 0.5) is 4.39 Å². The molecular weight excluding hydrogens is 257 g/mol. The number of carboxylic acid groups (broad SMARTS) is 1. The minimum atomic E-state index is -1.02.